The van der Waals surface area contributed by atoms with Crippen molar-refractivity contribution in [2.75, 3.05) is 7.11 Å². The number of carbonyl (C=O) groups excluding carboxylic acids is 1. The van der Waals surface area contributed by atoms with Crippen LogP contribution in [0, 0.1) is 5.92 Å². The van der Waals surface area contributed by atoms with Gasteiger partial charge in [-0.05, 0) is 19.3 Å². The van der Waals surface area contributed by atoms with E-state index in [1.54, 1.807) is 4.72 Å². The maximum Gasteiger partial charge on any atom is 0.421 e. The van der Waals surface area contributed by atoms with Crippen LogP contribution in [0.1, 0.15) is 25.7 Å². The largest absolute Gasteiger partial charge is 0.481 e. The summed E-state index contributed by atoms with van der Waals surface area (Å²) < 4.78 is 31.0. The van der Waals surface area contributed by atoms with Crippen LogP contribution in [0.5, 0.6) is 0 Å². The molecule has 9 heteroatoms. The van der Waals surface area contributed by atoms with Gasteiger partial charge in [0.05, 0.1) is 13.0 Å². The highest BCUT2D eigenvalue weighted by molar-refractivity contribution is 7.88. The summed E-state index contributed by atoms with van der Waals surface area (Å²) in [5, 5.41) is 8.87. The van der Waals surface area contributed by atoms with Crippen LogP contribution in [0.4, 0.5) is 4.79 Å². The molecule has 0 spiro atoms. The lowest BCUT2D eigenvalue weighted by molar-refractivity contribution is -0.143. The van der Waals surface area contributed by atoms with Crippen LogP contribution in [0.2, 0.25) is 0 Å². The SMILES string of the molecule is COC(=O)NS(=O)(=O)NC1CCCC(C(=O)O)C1. The third-order valence-corrected chi connectivity index (χ3v) is 3.83. The van der Waals surface area contributed by atoms with Crippen molar-refractivity contribution >= 4 is 22.3 Å². The van der Waals surface area contributed by atoms with Gasteiger partial charge in [-0.2, -0.15) is 13.1 Å². The van der Waals surface area contributed by atoms with Gasteiger partial charge < -0.3 is 9.84 Å². The van der Waals surface area contributed by atoms with Crippen molar-refractivity contribution < 1.29 is 27.9 Å². The molecule has 2 atom stereocenters. The van der Waals surface area contributed by atoms with Crippen molar-refractivity contribution in [2.45, 2.75) is 31.7 Å². The molecule has 3 N–H and O–H groups in total. The fourth-order valence-corrected chi connectivity index (χ4v) is 2.94. The lowest BCUT2D eigenvalue weighted by Gasteiger charge is -2.26. The number of nitrogens with one attached hydrogen (secondary N) is 2. The number of hydrogen-bond acceptors (Lipinski definition) is 5. The van der Waals surface area contributed by atoms with Crippen molar-refractivity contribution in [1.82, 2.24) is 9.44 Å². The molecular weight excluding hydrogens is 264 g/mol. The Morgan fingerprint density at radius 2 is 2.00 bits per heavy atom. The van der Waals surface area contributed by atoms with Gasteiger partial charge in [0.1, 0.15) is 0 Å². The molecule has 0 aromatic rings. The minimum Gasteiger partial charge on any atom is -0.481 e. The molecule has 2 unspecified atom stereocenters. The number of rotatable bonds is 4. The molecule has 18 heavy (non-hydrogen) atoms. The van der Waals surface area contributed by atoms with Gasteiger partial charge >= 0.3 is 22.3 Å². The predicted octanol–water partition coefficient (Wildman–Crippen LogP) is -0.180. The van der Waals surface area contributed by atoms with Crippen LogP contribution >= 0.6 is 0 Å². The average molecular weight is 280 g/mol. The van der Waals surface area contributed by atoms with Crippen LogP contribution in [0.3, 0.4) is 0 Å². The predicted molar refractivity (Wildman–Crippen MR) is 61.0 cm³/mol. The normalized spacial score (nSPS) is 24.3. The van der Waals surface area contributed by atoms with E-state index in [9.17, 15) is 18.0 Å². The first-order valence-electron chi connectivity index (χ1n) is 5.45. The lowest BCUT2D eigenvalue weighted by Crippen LogP contribution is -2.47. The summed E-state index contributed by atoms with van der Waals surface area (Å²) >= 11 is 0. The van der Waals surface area contributed by atoms with Crippen molar-refractivity contribution in [1.29, 1.82) is 0 Å². The first kappa shape index (κ1) is 14.7. The van der Waals surface area contributed by atoms with Crippen molar-refractivity contribution in [3.05, 3.63) is 0 Å². The quantitative estimate of drug-likeness (QED) is 0.656. The summed E-state index contributed by atoms with van der Waals surface area (Å²) in [5.41, 5.74) is 0. The van der Waals surface area contributed by atoms with E-state index in [1.807, 2.05) is 0 Å². The van der Waals surface area contributed by atoms with Crippen LogP contribution in [0.15, 0.2) is 0 Å². The van der Waals surface area contributed by atoms with Gasteiger partial charge in [-0.25, -0.2) is 9.52 Å². The van der Waals surface area contributed by atoms with Crippen molar-refractivity contribution in [2.24, 2.45) is 5.92 Å². The smallest absolute Gasteiger partial charge is 0.421 e. The molecule has 0 aromatic heterocycles. The highest BCUT2D eigenvalue weighted by Gasteiger charge is 2.29. The average Bonchev–Trinajstić information content (AvgIpc) is 2.27. The van der Waals surface area contributed by atoms with Crippen molar-refractivity contribution in [3.8, 4) is 0 Å². The molecule has 1 fully saturated rings. The van der Waals surface area contributed by atoms with E-state index in [4.69, 9.17) is 5.11 Å². The van der Waals surface area contributed by atoms with Gasteiger partial charge in [0, 0.05) is 6.04 Å². The molecule has 0 bridgehead atoms. The van der Waals surface area contributed by atoms with Crippen LogP contribution in [0.25, 0.3) is 0 Å². The minimum atomic E-state index is -4.01. The second-order valence-corrected chi connectivity index (χ2v) is 5.56. The van der Waals surface area contributed by atoms with Gasteiger partial charge in [-0.3, -0.25) is 4.79 Å². The summed E-state index contributed by atoms with van der Waals surface area (Å²) in [7, 11) is -2.96. The Balaban J connectivity index is 2.56. The third kappa shape index (κ3) is 4.49. The van der Waals surface area contributed by atoms with Gasteiger partial charge in [0.25, 0.3) is 0 Å². The summed E-state index contributed by atoms with van der Waals surface area (Å²) in [6, 6.07) is -0.484. The zero-order chi connectivity index (χ0) is 13.8. The number of methoxy groups -OCH3 is 1. The molecule has 1 saturated carbocycles. The van der Waals surface area contributed by atoms with Gasteiger partial charge in [0.15, 0.2) is 0 Å². The number of hydrogen-bond donors (Lipinski definition) is 3. The first-order chi connectivity index (χ1) is 8.34. The van der Waals surface area contributed by atoms with Gasteiger partial charge in [-0.15, -0.1) is 0 Å². The summed E-state index contributed by atoms with van der Waals surface area (Å²) in [6.07, 6.45) is 0.844. The maximum atomic E-state index is 11.5. The summed E-state index contributed by atoms with van der Waals surface area (Å²) in [4.78, 5) is 21.6. The van der Waals surface area contributed by atoms with Gasteiger partial charge in [-0.1, -0.05) is 6.42 Å². The number of amides is 1. The zero-order valence-corrected chi connectivity index (χ0v) is 10.7. The zero-order valence-electron chi connectivity index (χ0n) is 9.88. The lowest BCUT2D eigenvalue weighted by atomic mass is 9.86. The summed E-state index contributed by atoms with van der Waals surface area (Å²) in [5.74, 6) is -1.48. The van der Waals surface area contributed by atoms with E-state index in [0.717, 1.165) is 7.11 Å². The number of ether oxygens (including phenoxy) is 1. The number of aliphatic carboxylic acids is 1. The third-order valence-electron chi connectivity index (χ3n) is 2.75. The highest BCUT2D eigenvalue weighted by Crippen LogP contribution is 2.24. The fourth-order valence-electron chi connectivity index (χ4n) is 1.92. The minimum absolute atomic E-state index is 0.220. The molecule has 0 aromatic carbocycles. The highest BCUT2D eigenvalue weighted by atomic mass is 32.2. The monoisotopic (exact) mass is 280 g/mol. The maximum absolute atomic E-state index is 11.5. The van der Waals surface area contributed by atoms with E-state index in [1.165, 1.54) is 0 Å². The standard InChI is InChI=1S/C9H16N2O6S/c1-17-9(14)11-18(15,16)10-7-4-2-3-6(5-7)8(12)13/h6-7,10H,2-5H2,1H3,(H,11,14)(H,12,13). The molecule has 0 saturated heterocycles. The second kappa shape index (κ2) is 6.01. The second-order valence-electron chi connectivity index (χ2n) is 4.11. The Bertz CT molecular complexity index is 421. The summed E-state index contributed by atoms with van der Waals surface area (Å²) in [6.45, 7) is 0. The van der Waals surface area contributed by atoms with E-state index in [2.05, 4.69) is 9.46 Å². The molecule has 1 rings (SSSR count). The Morgan fingerprint density at radius 1 is 1.33 bits per heavy atom. The van der Waals surface area contributed by atoms with Crippen LogP contribution in [-0.2, 0) is 19.7 Å². The molecule has 1 aliphatic rings. The van der Waals surface area contributed by atoms with Crippen LogP contribution < -0.4 is 9.44 Å². The Labute approximate surface area is 105 Å². The Morgan fingerprint density at radius 3 is 2.56 bits per heavy atom. The van der Waals surface area contributed by atoms with E-state index in [0.29, 0.717) is 19.3 Å². The molecule has 1 amide bonds. The fraction of sp³-hybridized carbons (Fsp3) is 0.778. The molecule has 0 heterocycles. The van der Waals surface area contributed by atoms with Crippen LogP contribution in [-0.4, -0.2) is 38.7 Å². The van der Waals surface area contributed by atoms with E-state index < -0.39 is 34.2 Å². The van der Waals surface area contributed by atoms with Crippen molar-refractivity contribution in [3.63, 3.8) is 0 Å². The Hall–Kier alpha value is -1.35. The number of carboxylic acids is 1. The number of carbonyl (C=O) groups is 2. The topological polar surface area (TPSA) is 122 Å². The molecule has 0 aliphatic heterocycles. The van der Waals surface area contributed by atoms with E-state index in [-0.39, 0.29) is 6.42 Å². The Kier molecular flexibility index (Phi) is 4.91. The molecular formula is C9H16N2O6S. The molecule has 8 nitrogen and oxygen atoms in total. The molecule has 0 radical (unpaired) electrons. The van der Waals surface area contributed by atoms with Gasteiger partial charge in [0.2, 0.25) is 0 Å². The molecule has 1 aliphatic carbocycles. The molecule has 104 valence electrons. The van der Waals surface area contributed by atoms with E-state index >= 15 is 0 Å². The first-order valence-corrected chi connectivity index (χ1v) is 6.93. The number of carboxylic acid groups (broad SMARTS) is 1.